The van der Waals surface area contributed by atoms with Crippen molar-refractivity contribution in [3.8, 4) is 5.75 Å². The third-order valence-electron chi connectivity index (χ3n) is 7.09. The van der Waals surface area contributed by atoms with Crippen molar-refractivity contribution in [3.63, 3.8) is 0 Å². The van der Waals surface area contributed by atoms with Crippen LogP contribution in [-0.2, 0) is 5.21 Å². The first kappa shape index (κ1) is 21.6. The summed E-state index contributed by atoms with van der Waals surface area (Å²) in [7, 11) is 0. The van der Waals surface area contributed by atoms with E-state index < -0.39 is 0 Å². The topological polar surface area (TPSA) is 32.4 Å². The van der Waals surface area contributed by atoms with Crippen molar-refractivity contribution < 1.29 is 9.94 Å². The van der Waals surface area contributed by atoms with Crippen molar-refractivity contribution in [2.24, 2.45) is 11.8 Å². The predicted molar refractivity (Wildman–Crippen MR) is 115 cm³/mol. The van der Waals surface area contributed by atoms with Crippen LogP contribution in [0.5, 0.6) is 5.75 Å². The summed E-state index contributed by atoms with van der Waals surface area (Å²) in [6.45, 7) is 11.4. The third kappa shape index (κ3) is 5.10. The summed E-state index contributed by atoms with van der Waals surface area (Å²) >= 11 is 0. The molecule has 0 N–H and O–H groups in total. The molecule has 0 aromatic heterocycles. The molecular formula is C25H40NO2. The van der Waals surface area contributed by atoms with Gasteiger partial charge in [-0.25, -0.2) is 0 Å². The van der Waals surface area contributed by atoms with Crippen LogP contribution in [0.25, 0.3) is 0 Å². The molecule has 1 heterocycles. The van der Waals surface area contributed by atoms with Gasteiger partial charge in [0.05, 0.1) is 6.61 Å². The van der Waals surface area contributed by atoms with Crippen molar-refractivity contribution in [1.82, 2.24) is 5.06 Å². The highest BCUT2D eigenvalue weighted by Crippen LogP contribution is 2.45. The molecule has 2 fully saturated rings. The van der Waals surface area contributed by atoms with Gasteiger partial charge in [0.15, 0.2) is 0 Å². The third-order valence-corrected chi connectivity index (χ3v) is 7.09. The Morgan fingerprint density at radius 3 is 2.00 bits per heavy atom. The summed E-state index contributed by atoms with van der Waals surface area (Å²) in [5.74, 6) is 3.09. The molecule has 157 valence electrons. The highest BCUT2D eigenvalue weighted by atomic mass is 16.5. The van der Waals surface area contributed by atoms with Crippen LogP contribution in [0.4, 0.5) is 0 Å². The molecule has 28 heavy (non-hydrogen) atoms. The van der Waals surface area contributed by atoms with Crippen molar-refractivity contribution in [3.05, 3.63) is 29.8 Å². The Bertz CT molecular complexity index is 596. The first-order valence-electron chi connectivity index (χ1n) is 11.4. The molecule has 1 aliphatic heterocycles. The lowest BCUT2D eigenvalue weighted by molar-refractivity contribution is -0.289. The van der Waals surface area contributed by atoms with E-state index in [1.165, 1.54) is 49.2 Å². The molecule has 2 aliphatic rings. The van der Waals surface area contributed by atoms with Gasteiger partial charge in [0, 0.05) is 11.1 Å². The van der Waals surface area contributed by atoms with E-state index in [9.17, 15) is 5.21 Å². The van der Waals surface area contributed by atoms with Gasteiger partial charge in [0.2, 0.25) is 0 Å². The standard InChI is InChI=1S/C25H40NO2/c1-6-7-19-8-10-20(11-9-19)18-28-23-14-12-21(13-15-23)22-16-24(2,3)26(27)25(4,5)17-22/h12-15,19-20,22H,6-11,16-18H2,1-5H3. The lowest BCUT2D eigenvalue weighted by Crippen LogP contribution is -2.57. The maximum atomic E-state index is 12.6. The molecule has 0 spiro atoms. The molecule has 1 saturated heterocycles. The first-order valence-corrected chi connectivity index (χ1v) is 11.4. The average molecular weight is 387 g/mol. The van der Waals surface area contributed by atoms with E-state index in [4.69, 9.17) is 4.74 Å². The second kappa shape index (κ2) is 8.75. The zero-order valence-corrected chi connectivity index (χ0v) is 18.7. The second-order valence-electron chi connectivity index (χ2n) is 10.6. The molecule has 3 nitrogen and oxygen atoms in total. The van der Waals surface area contributed by atoms with E-state index in [1.807, 2.05) is 0 Å². The maximum absolute atomic E-state index is 12.6. The zero-order valence-electron chi connectivity index (χ0n) is 18.7. The van der Waals surface area contributed by atoms with Crippen LogP contribution in [0.3, 0.4) is 0 Å². The fourth-order valence-electron chi connectivity index (χ4n) is 5.64. The highest BCUT2D eigenvalue weighted by Gasteiger charge is 2.46. The number of nitrogens with zero attached hydrogens (tertiary/aromatic N) is 1. The largest absolute Gasteiger partial charge is 0.493 e. The summed E-state index contributed by atoms with van der Waals surface area (Å²) in [6, 6.07) is 8.68. The smallest absolute Gasteiger partial charge is 0.119 e. The molecule has 3 rings (SSSR count). The van der Waals surface area contributed by atoms with Gasteiger partial charge in [-0.05, 0) is 88.8 Å². The van der Waals surface area contributed by atoms with E-state index in [-0.39, 0.29) is 11.1 Å². The second-order valence-corrected chi connectivity index (χ2v) is 10.6. The van der Waals surface area contributed by atoms with Crippen LogP contribution in [0.2, 0.25) is 0 Å². The van der Waals surface area contributed by atoms with Crippen LogP contribution in [-0.4, -0.2) is 22.7 Å². The number of benzene rings is 1. The number of rotatable bonds is 6. The van der Waals surface area contributed by atoms with E-state index in [1.54, 1.807) is 0 Å². The van der Waals surface area contributed by atoms with Crippen molar-refractivity contribution in [2.75, 3.05) is 6.61 Å². The summed E-state index contributed by atoms with van der Waals surface area (Å²) in [4.78, 5) is 0. The van der Waals surface area contributed by atoms with Gasteiger partial charge in [0.25, 0.3) is 0 Å². The average Bonchev–Trinajstić information content (AvgIpc) is 2.66. The van der Waals surface area contributed by atoms with Crippen LogP contribution >= 0.6 is 0 Å². The van der Waals surface area contributed by atoms with E-state index >= 15 is 0 Å². The Kier molecular flexibility index (Phi) is 6.76. The number of ether oxygens (including phenoxy) is 1. The van der Waals surface area contributed by atoms with E-state index in [2.05, 4.69) is 58.9 Å². The maximum Gasteiger partial charge on any atom is 0.119 e. The van der Waals surface area contributed by atoms with Crippen LogP contribution in [0.15, 0.2) is 24.3 Å². The SMILES string of the molecule is CCCC1CCC(COc2ccc(C3CC(C)(C)N([O])C(C)(C)C3)cc2)CC1. The van der Waals surface area contributed by atoms with Crippen LogP contribution < -0.4 is 4.74 Å². The zero-order chi connectivity index (χ0) is 20.4. The minimum Gasteiger partial charge on any atom is -0.493 e. The Labute approximate surface area is 172 Å². The quantitative estimate of drug-likeness (QED) is 0.541. The summed E-state index contributed by atoms with van der Waals surface area (Å²) in [5, 5.41) is 13.9. The molecule has 0 unspecified atom stereocenters. The molecule has 3 heteroatoms. The van der Waals surface area contributed by atoms with E-state index in [0.717, 1.165) is 37.0 Å². The van der Waals surface area contributed by atoms with Gasteiger partial charge in [-0.3, -0.25) is 0 Å². The van der Waals surface area contributed by atoms with Gasteiger partial charge < -0.3 is 4.74 Å². The molecule has 0 atom stereocenters. The summed E-state index contributed by atoms with van der Waals surface area (Å²) < 4.78 is 6.12. The van der Waals surface area contributed by atoms with Crippen molar-refractivity contribution in [2.45, 2.75) is 103 Å². The van der Waals surface area contributed by atoms with Gasteiger partial charge in [-0.2, -0.15) is 0 Å². The predicted octanol–water partition coefficient (Wildman–Crippen LogP) is 6.75. The molecule has 1 aromatic rings. The van der Waals surface area contributed by atoms with Gasteiger partial charge in [0.1, 0.15) is 5.75 Å². The van der Waals surface area contributed by atoms with Gasteiger partial charge in [-0.15, -0.1) is 10.3 Å². The highest BCUT2D eigenvalue weighted by molar-refractivity contribution is 5.30. The number of piperidine rings is 1. The molecule has 0 amide bonds. The molecule has 1 saturated carbocycles. The number of hydrogen-bond donors (Lipinski definition) is 0. The lowest BCUT2D eigenvalue weighted by Gasteiger charge is -2.50. The Hall–Kier alpha value is -1.06. The van der Waals surface area contributed by atoms with Crippen molar-refractivity contribution >= 4 is 0 Å². The molecule has 0 bridgehead atoms. The summed E-state index contributed by atoms with van der Waals surface area (Å²) in [6.07, 6.45) is 9.92. The first-order chi connectivity index (χ1) is 13.2. The molecular weight excluding hydrogens is 346 g/mol. The number of hydroxylamine groups is 2. The Balaban J connectivity index is 1.53. The normalized spacial score (nSPS) is 28.2. The molecule has 1 aromatic carbocycles. The Morgan fingerprint density at radius 2 is 1.46 bits per heavy atom. The van der Waals surface area contributed by atoms with Gasteiger partial charge in [-0.1, -0.05) is 44.7 Å². The fraction of sp³-hybridized carbons (Fsp3) is 0.760. The van der Waals surface area contributed by atoms with Crippen LogP contribution in [0.1, 0.15) is 97.5 Å². The van der Waals surface area contributed by atoms with E-state index in [0.29, 0.717) is 5.92 Å². The fourth-order valence-corrected chi connectivity index (χ4v) is 5.64. The minimum atomic E-state index is -0.321. The minimum absolute atomic E-state index is 0.321. The number of hydrogen-bond acceptors (Lipinski definition) is 2. The van der Waals surface area contributed by atoms with Crippen LogP contribution in [0, 0.1) is 11.8 Å². The monoisotopic (exact) mass is 386 g/mol. The van der Waals surface area contributed by atoms with Crippen molar-refractivity contribution in [1.29, 1.82) is 0 Å². The molecule has 1 radical (unpaired) electrons. The lowest BCUT2D eigenvalue weighted by atomic mass is 9.73. The summed E-state index contributed by atoms with van der Waals surface area (Å²) in [5.41, 5.74) is 0.692. The van der Waals surface area contributed by atoms with Gasteiger partial charge >= 0.3 is 0 Å². The Morgan fingerprint density at radius 1 is 0.929 bits per heavy atom. The molecule has 1 aliphatic carbocycles.